The minimum absolute atomic E-state index is 0.209. The molecule has 1 aliphatic heterocycles. The summed E-state index contributed by atoms with van der Waals surface area (Å²) < 4.78 is 0. The van der Waals surface area contributed by atoms with Gasteiger partial charge in [-0.2, -0.15) is 0 Å². The molecule has 1 atom stereocenters. The number of hydrogen-bond acceptors (Lipinski definition) is 4. The number of carbonyl (C=O) groups is 1. The highest BCUT2D eigenvalue weighted by Gasteiger charge is 2.12. The van der Waals surface area contributed by atoms with Gasteiger partial charge in [-0.3, -0.25) is 4.79 Å². The fraction of sp³-hybridized carbons (Fsp3) is 0.500. The fourth-order valence-corrected chi connectivity index (χ4v) is 2.31. The van der Waals surface area contributed by atoms with Crippen molar-refractivity contribution in [2.75, 3.05) is 31.1 Å². The van der Waals surface area contributed by atoms with E-state index in [1.165, 1.54) is 5.69 Å². The molecule has 2 rings (SSSR count). The zero-order chi connectivity index (χ0) is 13.7. The first-order valence-electron chi connectivity index (χ1n) is 6.59. The highest BCUT2D eigenvalue weighted by molar-refractivity contribution is 5.67. The zero-order valence-electron chi connectivity index (χ0n) is 10.9. The van der Waals surface area contributed by atoms with Gasteiger partial charge in [-0.1, -0.05) is 12.1 Å². The molecule has 1 aromatic rings. The van der Waals surface area contributed by atoms with Crippen LogP contribution in [0.1, 0.15) is 12.0 Å². The summed E-state index contributed by atoms with van der Waals surface area (Å²) >= 11 is 0. The summed E-state index contributed by atoms with van der Waals surface area (Å²) in [6, 6.07) is 7.99. The first-order valence-corrected chi connectivity index (χ1v) is 6.59. The van der Waals surface area contributed by atoms with E-state index in [-0.39, 0.29) is 6.42 Å². The SMILES string of the molecule is O=C(O)CC(O)Cc1ccc(N2CCNCC2)cc1. The third-order valence-electron chi connectivity index (χ3n) is 3.30. The number of hydrogen-bond donors (Lipinski definition) is 3. The molecule has 0 bridgehead atoms. The largest absolute Gasteiger partial charge is 0.481 e. The molecule has 104 valence electrons. The summed E-state index contributed by atoms with van der Waals surface area (Å²) in [4.78, 5) is 12.8. The predicted molar refractivity (Wildman–Crippen MR) is 73.5 cm³/mol. The van der Waals surface area contributed by atoms with E-state index in [2.05, 4.69) is 10.2 Å². The Morgan fingerprint density at radius 1 is 1.26 bits per heavy atom. The number of aliphatic hydroxyl groups excluding tert-OH is 1. The van der Waals surface area contributed by atoms with Crippen LogP contribution in [0.15, 0.2) is 24.3 Å². The monoisotopic (exact) mass is 264 g/mol. The number of aliphatic carboxylic acids is 1. The van der Waals surface area contributed by atoms with Gasteiger partial charge in [-0.15, -0.1) is 0 Å². The van der Waals surface area contributed by atoms with E-state index in [1.54, 1.807) is 0 Å². The van der Waals surface area contributed by atoms with Crippen LogP contribution in [0.5, 0.6) is 0 Å². The number of anilines is 1. The lowest BCUT2D eigenvalue weighted by Crippen LogP contribution is -2.43. The summed E-state index contributed by atoms with van der Waals surface area (Å²) in [5, 5.41) is 21.5. The Hall–Kier alpha value is -1.59. The highest BCUT2D eigenvalue weighted by Crippen LogP contribution is 2.17. The number of rotatable bonds is 5. The molecule has 1 saturated heterocycles. The second kappa shape index (κ2) is 6.54. The van der Waals surface area contributed by atoms with Gasteiger partial charge in [-0.05, 0) is 24.1 Å². The number of carboxylic acid groups (broad SMARTS) is 1. The number of carboxylic acids is 1. The molecule has 1 aliphatic rings. The van der Waals surface area contributed by atoms with Gasteiger partial charge in [0.1, 0.15) is 0 Å². The van der Waals surface area contributed by atoms with Crippen LogP contribution < -0.4 is 10.2 Å². The van der Waals surface area contributed by atoms with Crippen molar-refractivity contribution < 1.29 is 15.0 Å². The van der Waals surface area contributed by atoms with Crippen LogP contribution in [0.25, 0.3) is 0 Å². The van der Waals surface area contributed by atoms with E-state index in [4.69, 9.17) is 5.11 Å². The number of nitrogens with one attached hydrogen (secondary N) is 1. The van der Waals surface area contributed by atoms with Gasteiger partial charge in [0.2, 0.25) is 0 Å². The average molecular weight is 264 g/mol. The Morgan fingerprint density at radius 2 is 1.89 bits per heavy atom. The van der Waals surface area contributed by atoms with E-state index in [0.717, 1.165) is 31.7 Å². The number of benzene rings is 1. The van der Waals surface area contributed by atoms with E-state index in [0.29, 0.717) is 6.42 Å². The Balaban J connectivity index is 1.92. The van der Waals surface area contributed by atoms with Crippen LogP contribution in [-0.2, 0) is 11.2 Å². The van der Waals surface area contributed by atoms with Crippen molar-refractivity contribution in [3.05, 3.63) is 29.8 Å². The number of piperazine rings is 1. The van der Waals surface area contributed by atoms with Gasteiger partial charge in [0.15, 0.2) is 0 Å². The molecule has 1 heterocycles. The minimum Gasteiger partial charge on any atom is -0.481 e. The van der Waals surface area contributed by atoms with Gasteiger partial charge in [0, 0.05) is 31.9 Å². The third-order valence-corrected chi connectivity index (χ3v) is 3.30. The van der Waals surface area contributed by atoms with Crippen molar-refractivity contribution in [2.24, 2.45) is 0 Å². The number of nitrogens with zero attached hydrogens (tertiary/aromatic N) is 1. The molecule has 0 saturated carbocycles. The second-order valence-electron chi connectivity index (χ2n) is 4.86. The van der Waals surface area contributed by atoms with Crippen LogP contribution in [0.3, 0.4) is 0 Å². The van der Waals surface area contributed by atoms with Crippen molar-refractivity contribution in [1.82, 2.24) is 5.32 Å². The summed E-state index contributed by atoms with van der Waals surface area (Å²) in [5.74, 6) is -0.968. The number of aliphatic hydroxyl groups is 1. The molecule has 5 nitrogen and oxygen atoms in total. The van der Waals surface area contributed by atoms with Gasteiger partial charge in [0.25, 0.3) is 0 Å². The first kappa shape index (κ1) is 13.8. The third kappa shape index (κ3) is 4.22. The van der Waals surface area contributed by atoms with Crippen molar-refractivity contribution in [3.63, 3.8) is 0 Å². The summed E-state index contributed by atoms with van der Waals surface area (Å²) in [5.41, 5.74) is 2.14. The lowest BCUT2D eigenvalue weighted by Gasteiger charge is -2.29. The van der Waals surface area contributed by atoms with Crippen LogP contribution in [0, 0.1) is 0 Å². The molecule has 0 aromatic heterocycles. The summed E-state index contributed by atoms with van der Waals surface area (Å²) in [6.45, 7) is 4.00. The van der Waals surface area contributed by atoms with E-state index in [1.807, 2.05) is 24.3 Å². The molecule has 1 unspecified atom stereocenters. The van der Waals surface area contributed by atoms with E-state index in [9.17, 15) is 9.90 Å². The van der Waals surface area contributed by atoms with Crippen molar-refractivity contribution in [3.8, 4) is 0 Å². The van der Waals surface area contributed by atoms with E-state index < -0.39 is 12.1 Å². The van der Waals surface area contributed by atoms with Crippen molar-refractivity contribution >= 4 is 11.7 Å². The van der Waals surface area contributed by atoms with Gasteiger partial charge in [-0.25, -0.2) is 0 Å². The molecule has 0 spiro atoms. The normalized spacial score (nSPS) is 17.2. The Kier molecular flexibility index (Phi) is 4.76. The lowest BCUT2D eigenvalue weighted by molar-refractivity contribution is -0.139. The molecule has 19 heavy (non-hydrogen) atoms. The Morgan fingerprint density at radius 3 is 2.47 bits per heavy atom. The molecule has 1 aromatic carbocycles. The molecule has 0 amide bonds. The first-order chi connectivity index (χ1) is 9.15. The van der Waals surface area contributed by atoms with Gasteiger partial charge >= 0.3 is 5.97 Å². The molecular weight excluding hydrogens is 244 g/mol. The fourth-order valence-electron chi connectivity index (χ4n) is 2.31. The zero-order valence-corrected chi connectivity index (χ0v) is 10.9. The minimum atomic E-state index is -0.968. The second-order valence-corrected chi connectivity index (χ2v) is 4.86. The average Bonchev–Trinajstić information content (AvgIpc) is 2.39. The molecule has 3 N–H and O–H groups in total. The van der Waals surface area contributed by atoms with Crippen LogP contribution in [0.4, 0.5) is 5.69 Å². The highest BCUT2D eigenvalue weighted by atomic mass is 16.4. The van der Waals surface area contributed by atoms with Crippen molar-refractivity contribution in [1.29, 1.82) is 0 Å². The van der Waals surface area contributed by atoms with Crippen LogP contribution >= 0.6 is 0 Å². The maximum Gasteiger partial charge on any atom is 0.305 e. The maximum atomic E-state index is 10.5. The Bertz CT molecular complexity index is 413. The van der Waals surface area contributed by atoms with Gasteiger partial charge < -0.3 is 20.4 Å². The topological polar surface area (TPSA) is 72.8 Å². The molecule has 1 fully saturated rings. The van der Waals surface area contributed by atoms with E-state index >= 15 is 0 Å². The van der Waals surface area contributed by atoms with Crippen LogP contribution in [0.2, 0.25) is 0 Å². The maximum absolute atomic E-state index is 10.5. The summed E-state index contributed by atoms with van der Waals surface area (Å²) in [7, 11) is 0. The molecule has 0 radical (unpaired) electrons. The predicted octanol–water partition coefficient (Wildman–Crippen LogP) is 0.474. The smallest absolute Gasteiger partial charge is 0.305 e. The lowest BCUT2D eigenvalue weighted by atomic mass is 10.1. The van der Waals surface area contributed by atoms with Crippen LogP contribution in [-0.4, -0.2) is 48.5 Å². The Labute approximate surface area is 112 Å². The molecule has 0 aliphatic carbocycles. The standard InChI is InChI=1S/C14H20N2O3/c17-13(10-14(18)19)9-11-1-3-12(4-2-11)16-7-5-15-6-8-16/h1-4,13,15,17H,5-10H2,(H,18,19). The summed E-state index contributed by atoms with van der Waals surface area (Å²) in [6.07, 6.45) is -0.643. The van der Waals surface area contributed by atoms with Gasteiger partial charge in [0.05, 0.1) is 12.5 Å². The molecular formula is C14H20N2O3. The quantitative estimate of drug-likeness (QED) is 0.721. The van der Waals surface area contributed by atoms with Crippen molar-refractivity contribution in [2.45, 2.75) is 18.9 Å². The molecule has 5 heteroatoms.